The second-order valence-corrected chi connectivity index (χ2v) is 35.1. The molecule has 11 aromatic carbocycles. The van der Waals surface area contributed by atoms with Gasteiger partial charge in [0.25, 0.3) is 0 Å². The Kier molecular flexibility index (Phi) is 44.1. The van der Waals surface area contributed by atoms with Gasteiger partial charge in [-0.15, -0.1) is 23.5 Å². The number of rotatable bonds is 44. The summed E-state index contributed by atoms with van der Waals surface area (Å²) in [4.78, 5) is 2.45. The molecule has 0 fully saturated rings. The molecule has 0 heterocycles. The highest BCUT2D eigenvalue weighted by molar-refractivity contribution is 7.98. The van der Waals surface area contributed by atoms with Crippen molar-refractivity contribution in [3.8, 4) is 129 Å². The Bertz CT molecular complexity index is 5580. The number of hydrogen-bond acceptors (Lipinski definition) is 8. The van der Waals surface area contributed by atoms with Gasteiger partial charge >= 0.3 is 0 Å². The van der Waals surface area contributed by atoms with Crippen LogP contribution in [0.25, 0.3) is 0 Å². The van der Waals surface area contributed by atoms with Crippen LogP contribution in [0.3, 0.4) is 0 Å². The lowest BCUT2D eigenvalue weighted by atomic mass is 10.00. The van der Waals surface area contributed by atoms with Crippen molar-refractivity contribution in [3.63, 3.8) is 0 Å². The van der Waals surface area contributed by atoms with Crippen molar-refractivity contribution in [2.45, 2.75) is 231 Å². The summed E-state index contributed by atoms with van der Waals surface area (Å²) in [7, 11) is 0. The Labute approximate surface area is 800 Å². The third-order valence-corrected chi connectivity index (χ3v) is 24.2. The van der Waals surface area contributed by atoms with Gasteiger partial charge in [-0.05, 0) is 293 Å². The van der Waals surface area contributed by atoms with E-state index in [0.717, 1.165) is 252 Å². The van der Waals surface area contributed by atoms with E-state index in [1.54, 1.807) is 23.5 Å². The summed E-state index contributed by atoms with van der Waals surface area (Å²) in [6.45, 7) is 17.1. The molecule has 0 saturated heterocycles. The molecule has 132 heavy (non-hydrogen) atoms. The molecule has 674 valence electrons. The van der Waals surface area contributed by atoms with Crippen LogP contribution in [0.2, 0.25) is 0 Å². The fourth-order valence-corrected chi connectivity index (χ4v) is 15.5. The van der Waals surface area contributed by atoms with E-state index < -0.39 is 0 Å². The number of benzene rings is 11. The Morgan fingerprint density at radius 1 is 0.182 bits per heavy atom. The third-order valence-electron chi connectivity index (χ3n) is 22.7. The summed E-state index contributed by atoms with van der Waals surface area (Å²) in [5.41, 5.74) is 19.0. The lowest BCUT2D eigenvalue weighted by Gasteiger charge is -2.16. The summed E-state index contributed by atoms with van der Waals surface area (Å²) in [5, 5.41) is 0. The molecule has 6 nitrogen and oxygen atoms in total. The molecule has 11 aromatic rings. The minimum atomic E-state index is 0.576. The van der Waals surface area contributed by atoms with Crippen LogP contribution < -0.4 is 28.4 Å². The van der Waals surface area contributed by atoms with Crippen molar-refractivity contribution in [1.29, 1.82) is 0 Å². The quantitative estimate of drug-likeness (QED) is 0.0213. The molecule has 0 spiro atoms. The first-order valence-corrected chi connectivity index (χ1v) is 50.8. The van der Waals surface area contributed by atoms with E-state index in [9.17, 15) is 0 Å². The largest absolute Gasteiger partial charge is 0.493 e. The van der Waals surface area contributed by atoms with Gasteiger partial charge in [0.15, 0.2) is 0 Å². The second kappa shape index (κ2) is 58.2. The molecule has 0 aliphatic carbocycles. The van der Waals surface area contributed by atoms with Crippen LogP contribution in [0.5, 0.6) is 34.5 Å². The molecule has 0 N–H and O–H groups in total. The first-order valence-electron chi connectivity index (χ1n) is 48.4. The molecule has 8 heteroatoms. The van der Waals surface area contributed by atoms with Crippen molar-refractivity contribution in [2.75, 3.05) is 52.2 Å². The van der Waals surface area contributed by atoms with Crippen LogP contribution in [0.1, 0.15) is 307 Å². The molecule has 0 aromatic heterocycles. The second-order valence-electron chi connectivity index (χ2n) is 33.4. The highest BCUT2D eigenvalue weighted by atomic mass is 32.2. The number of aryl methyl sites for hydroxylation is 4. The maximum absolute atomic E-state index is 6.65. The first-order chi connectivity index (χ1) is 65.1. The molecule has 0 aliphatic rings. The predicted molar refractivity (Wildman–Crippen MR) is 555 cm³/mol. The summed E-state index contributed by atoms with van der Waals surface area (Å²) in [6, 6.07) is 79.2. The highest BCUT2D eigenvalue weighted by Crippen LogP contribution is 2.35. The van der Waals surface area contributed by atoms with E-state index in [1.165, 1.54) is 72.3 Å². The summed E-state index contributed by atoms with van der Waals surface area (Å²) < 4.78 is 39.7. The lowest BCUT2D eigenvalue weighted by Crippen LogP contribution is -2.05. The van der Waals surface area contributed by atoms with E-state index in [2.05, 4.69) is 270 Å². The zero-order valence-electron chi connectivity index (χ0n) is 79.2. The van der Waals surface area contributed by atoms with Gasteiger partial charge in [-0.3, -0.25) is 0 Å². The number of thioether (sulfide) groups is 2. The van der Waals surface area contributed by atoms with Gasteiger partial charge in [0.1, 0.15) is 34.5 Å². The van der Waals surface area contributed by atoms with Crippen LogP contribution in [0.15, 0.2) is 240 Å². The highest BCUT2D eigenvalue weighted by Gasteiger charge is 2.18. The van der Waals surface area contributed by atoms with Crippen LogP contribution in [0, 0.1) is 94.7 Å². The van der Waals surface area contributed by atoms with E-state index >= 15 is 0 Å². The number of hydrogen-bond donors (Lipinski definition) is 0. The lowest BCUT2D eigenvalue weighted by molar-refractivity contribution is 0.293. The monoisotopic (exact) mass is 1780 g/mol. The van der Waals surface area contributed by atoms with Crippen molar-refractivity contribution < 1.29 is 28.4 Å². The minimum absolute atomic E-state index is 0.576. The van der Waals surface area contributed by atoms with E-state index in [1.807, 2.05) is 109 Å². The van der Waals surface area contributed by atoms with Gasteiger partial charge in [0, 0.05) is 88.7 Å². The molecule has 0 amide bonds. The molecule has 0 radical (unpaired) electrons. The van der Waals surface area contributed by atoms with Gasteiger partial charge in [-0.25, -0.2) is 0 Å². The Hall–Kier alpha value is -12.6. The average Bonchev–Trinajstić information content (AvgIpc) is 0.826. The number of ether oxygens (including phenoxy) is 6. The summed E-state index contributed by atoms with van der Waals surface area (Å²) in [5.74, 6) is 59.3. The fourth-order valence-electron chi connectivity index (χ4n) is 14.7. The van der Waals surface area contributed by atoms with Crippen LogP contribution in [0.4, 0.5) is 0 Å². The molecule has 11 rings (SSSR count). The van der Waals surface area contributed by atoms with Crippen LogP contribution in [-0.2, 0) is 25.7 Å². The smallest absolute Gasteiger partial charge is 0.136 e. The van der Waals surface area contributed by atoms with E-state index in [0.29, 0.717) is 51.1 Å². The topological polar surface area (TPSA) is 55.4 Å². The van der Waals surface area contributed by atoms with Gasteiger partial charge in [0.05, 0.1) is 61.9 Å². The molecule has 0 saturated carbocycles. The van der Waals surface area contributed by atoms with E-state index in [-0.39, 0.29) is 0 Å². The number of unbranched alkanes of at least 4 members (excludes halogenated alkanes) is 18. The standard InChI is InChI=1S/C124H130O6S2/c1-9-15-21-27-85-125-119-91-112(76-66-104-53-39-98(40-54-104)34-36-100-43-57-106(58-44-100)68-78-114-94-124(130-90-32-26-20-14-6)116(96-122(114)128-88-30-24-18-12-4)80-70-108-61-47-102(48-62-108)50-64-110-73-83-118(132-8)84-74-110)120(126-86-28-22-16-10-2)92-111(119)75-65-103-51-37-97(38-52-103)33-35-99-41-55-105(56-42-99)67-77-113-93-123(129-89-31-25-19-13-5)115(95-121(113)127-87-29-23-17-11-3)79-69-107-59-45-101(46-60-107)49-63-109-71-81-117(131-7)82-72-109/h37-48,51-62,71-74,81-84,91-96H,9-32,67-68,77-78,85-90H2,1-8H3. The molecule has 0 bridgehead atoms. The maximum atomic E-state index is 6.65. The van der Waals surface area contributed by atoms with Crippen molar-refractivity contribution in [1.82, 2.24) is 0 Å². The predicted octanol–water partition coefficient (Wildman–Crippen LogP) is 29.7. The molecule has 0 aliphatic heterocycles. The third kappa shape index (κ3) is 35.6. The Morgan fingerprint density at radius 3 is 0.561 bits per heavy atom. The SMILES string of the molecule is CCCCCCOc1cc(C#Cc2ccc(C#Cc3ccc(CCc4cc(OCCCCCC)c(C#Cc5ccc(C#Cc6ccc(SC)cc6)cc5)cc4OCCCCCC)cc3)cc2)c(OCCCCCC)cc1C#Cc1ccc(C#Cc2ccc(CCc3cc(OCCCCCC)c(C#Cc4ccc(C#Cc5ccc(SC)cc5)cc4)cc3OCCCCCC)cc2)cc1. The zero-order chi connectivity index (χ0) is 92.0. The maximum Gasteiger partial charge on any atom is 0.136 e. The van der Waals surface area contributed by atoms with Gasteiger partial charge in [-0.1, -0.05) is 276 Å². The average molecular weight is 1780 g/mol. The van der Waals surface area contributed by atoms with Crippen molar-refractivity contribution in [2.24, 2.45) is 0 Å². The Balaban J connectivity index is 0.745. The normalized spacial score (nSPS) is 10.4. The van der Waals surface area contributed by atoms with Gasteiger partial charge in [-0.2, -0.15) is 0 Å². The van der Waals surface area contributed by atoms with Gasteiger partial charge in [0.2, 0.25) is 0 Å². The fraction of sp³-hybridized carbons (Fsp3) is 0.339. The zero-order valence-corrected chi connectivity index (χ0v) is 80.9. The molecule has 0 unspecified atom stereocenters. The summed E-state index contributed by atoms with van der Waals surface area (Å²) in [6.07, 6.45) is 34.0. The van der Waals surface area contributed by atoms with Crippen molar-refractivity contribution in [3.05, 3.63) is 342 Å². The van der Waals surface area contributed by atoms with Crippen LogP contribution >= 0.6 is 23.5 Å². The first kappa shape index (κ1) is 100.0. The molecular weight excluding hydrogens is 1650 g/mol. The minimum Gasteiger partial charge on any atom is -0.493 e. The van der Waals surface area contributed by atoms with Crippen LogP contribution in [-0.4, -0.2) is 52.2 Å². The Morgan fingerprint density at radius 2 is 0.356 bits per heavy atom. The molecule has 0 atom stereocenters. The van der Waals surface area contributed by atoms with Crippen molar-refractivity contribution >= 4 is 23.5 Å². The van der Waals surface area contributed by atoms with E-state index in [4.69, 9.17) is 28.4 Å². The summed E-state index contributed by atoms with van der Waals surface area (Å²) >= 11 is 3.46. The van der Waals surface area contributed by atoms with Gasteiger partial charge < -0.3 is 28.4 Å². The molecular formula is C124H130O6S2.